The first kappa shape index (κ1) is 16.6. The van der Waals surface area contributed by atoms with E-state index >= 15 is 0 Å². The maximum atomic E-state index is 12.3. The van der Waals surface area contributed by atoms with Crippen molar-refractivity contribution in [2.24, 2.45) is 5.92 Å². The Morgan fingerprint density at radius 2 is 2.05 bits per heavy atom. The lowest BCUT2D eigenvalue weighted by atomic mass is 10.0. The molecule has 1 aromatic carbocycles. The minimum atomic E-state index is -3.64. The lowest BCUT2D eigenvalue weighted by molar-refractivity contribution is 0.256. The van der Waals surface area contributed by atoms with Gasteiger partial charge in [-0.2, -0.15) is 5.26 Å². The van der Waals surface area contributed by atoms with Crippen LogP contribution in [-0.2, 0) is 10.0 Å². The standard InChI is InChI=1S/C14H20N2O3S/c1-10(2)14(6-7-17)16-20(18,19)13-5-4-12(9-15)11(3)8-13/h4-5,8,10,14,16-17H,6-7H2,1-3H3. The first-order valence-corrected chi connectivity index (χ1v) is 7.94. The maximum Gasteiger partial charge on any atom is 0.240 e. The SMILES string of the molecule is Cc1cc(S(=O)(=O)NC(CCO)C(C)C)ccc1C#N. The average molecular weight is 296 g/mol. The van der Waals surface area contributed by atoms with Crippen LogP contribution in [0, 0.1) is 24.2 Å². The maximum absolute atomic E-state index is 12.3. The van der Waals surface area contributed by atoms with Crippen LogP contribution in [0.15, 0.2) is 23.1 Å². The van der Waals surface area contributed by atoms with Crippen molar-refractivity contribution in [3.05, 3.63) is 29.3 Å². The molecule has 0 aromatic heterocycles. The molecule has 2 N–H and O–H groups in total. The third kappa shape index (κ3) is 4.04. The van der Waals surface area contributed by atoms with E-state index in [0.29, 0.717) is 17.5 Å². The number of rotatable bonds is 6. The van der Waals surface area contributed by atoms with Gasteiger partial charge in [0, 0.05) is 12.6 Å². The Bertz CT molecular complexity index is 603. The summed E-state index contributed by atoms with van der Waals surface area (Å²) in [6.07, 6.45) is 0.367. The number of aryl methyl sites for hydroxylation is 1. The molecule has 0 saturated carbocycles. The van der Waals surface area contributed by atoms with E-state index in [9.17, 15) is 8.42 Å². The Hall–Kier alpha value is -1.42. The van der Waals surface area contributed by atoms with Crippen molar-refractivity contribution in [2.45, 2.75) is 38.1 Å². The van der Waals surface area contributed by atoms with Crippen molar-refractivity contribution in [3.8, 4) is 6.07 Å². The fourth-order valence-electron chi connectivity index (χ4n) is 1.86. The predicted molar refractivity (Wildman–Crippen MR) is 76.5 cm³/mol. The monoisotopic (exact) mass is 296 g/mol. The average Bonchev–Trinajstić information content (AvgIpc) is 2.37. The van der Waals surface area contributed by atoms with Gasteiger partial charge in [0.15, 0.2) is 0 Å². The topological polar surface area (TPSA) is 90.2 Å². The minimum absolute atomic E-state index is 0.0717. The van der Waals surface area contributed by atoms with E-state index < -0.39 is 10.0 Å². The zero-order valence-electron chi connectivity index (χ0n) is 11.9. The van der Waals surface area contributed by atoms with Gasteiger partial charge in [-0.1, -0.05) is 13.8 Å². The Labute approximate surface area is 120 Å². The zero-order valence-corrected chi connectivity index (χ0v) is 12.7. The first-order valence-electron chi connectivity index (χ1n) is 6.45. The van der Waals surface area contributed by atoms with Gasteiger partial charge in [-0.15, -0.1) is 0 Å². The lowest BCUT2D eigenvalue weighted by Gasteiger charge is -2.21. The number of nitrogens with one attached hydrogen (secondary N) is 1. The quantitative estimate of drug-likeness (QED) is 0.833. The lowest BCUT2D eigenvalue weighted by Crippen LogP contribution is -2.39. The molecule has 110 valence electrons. The van der Waals surface area contributed by atoms with Gasteiger partial charge in [0.05, 0.1) is 16.5 Å². The van der Waals surface area contributed by atoms with Crippen molar-refractivity contribution in [2.75, 3.05) is 6.61 Å². The Morgan fingerprint density at radius 3 is 2.50 bits per heavy atom. The van der Waals surface area contributed by atoms with E-state index in [1.165, 1.54) is 18.2 Å². The molecule has 1 atom stereocenters. The van der Waals surface area contributed by atoms with Crippen LogP contribution in [0.1, 0.15) is 31.4 Å². The van der Waals surface area contributed by atoms with Crippen molar-refractivity contribution in [3.63, 3.8) is 0 Å². The third-order valence-corrected chi connectivity index (χ3v) is 4.67. The van der Waals surface area contributed by atoms with Crippen molar-refractivity contribution >= 4 is 10.0 Å². The van der Waals surface area contributed by atoms with Crippen LogP contribution < -0.4 is 4.72 Å². The van der Waals surface area contributed by atoms with Crippen LogP contribution in [-0.4, -0.2) is 26.2 Å². The molecule has 0 aliphatic heterocycles. The highest BCUT2D eigenvalue weighted by atomic mass is 32.2. The second kappa shape index (κ2) is 6.84. The smallest absolute Gasteiger partial charge is 0.240 e. The third-order valence-electron chi connectivity index (χ3n) is 3.18. The molecule has 0 aliphatic rings. The van der Waals surface area contributed by atoms with Crippen LogP contribution in [0.25, 0.3) is 0 Å². The molecule has 0 saturated heterocycles. The van der Waals surface area contributed by atoms with Gasteiger partial charge in [-0.05, 0) is 43.0 Å². The Morgan fingerprint density at radius 1 is 1.40 bits per heavy atom. The van der Waals surface area contributed by atoms with E-state index in [-0.39, 0.29) is 23.5 Å². The molecule has 0 radical (unpaired) electrons. The molecule has 20 heavy (non-hydrogen) atoms. The Kier molecular flexibility index (Phi) is 5.69. The molecule has 6 heteroatoms. The highest BCUT2D eigenvalue weighted by Crippen LogP contribution is 2.17. The van der Waals surface area contributed by atoms with Gasteiger partial charge in [-0.3, -0.25) is 0 Å². The first-order chi connectivity index (χ1) is 9.31. The minimum Gasteiger partial charge on any atom is -0.396 e. The van der Waals surface area contributed by atoms with Crippen molar-refractivity contribution < 1.29 is 13.5 Å². The van der Waals surface area contributed by atoms with Crippen LogP contribution in [0.3, 0.4) is 0 Å². The number of aliphatic hydroxyl groups excluding tert-OH is 1. The number of benzene rings is 1. The van der Waals surface area contributed by atoms with Crippen molar-refractivity contribution in [1.29, 1.82) is 5.26 Å². The van der Waals surface area contributed by atoms with Gasteiger partial charge >= 0.3 is 0 Å². The summed E-state index contributed by atoms with van der Waals surface area (Å²) in [6, 6.07) is 6.09. The molecule has 0 bridgehead atoms. The van der Waals surface area contributed by atoms with Crippen LogP contribution in [0.2, 0.25) is 0 Å². The molecule has 5 nitrogen and oxygen atoms in total. The summed E-state index contributed by atoms with van der Waals surface area (Å²) in [5.74, 6) is 0.0800. The predicted octanol–water partition coefficient (Wildman–Crippen LogP) is 1.55. The van der Waals surface area contributed by atoms with Crippen molar-refractivity contribution in [1.82, 2.24) is 4.72 Å². The zero-order chi connectivity index (χ0) is 15.3. The molecule has 0 aliphatic carbocycles. The van der Waals surface area contributed by atoms with E-state index in [2.05, 4.69) is 4.72 Å². The van der Waals surface area contributed by atoms with Gasteiger partial charge in [0.25, 0.3) is 0 Å². The van der Waals surface area contributed by atoms with Gasteiger partial charge < -0.3 is 5.11 Å². The number of nitriles is 1. The molecular weight excluding hydrogens is 276 g/mol. The summed E-state index contributed by atoms with van der Waals surface area (Å²) in [7, 11) is -3.64. The highest BCUT2D eigenvalue weighted by molar-refractivity contribution is 7.89. The van der Waals surface area contributed by atoms with Crippen LogP contribution in [0.5, 0.6) is 0 Å². The summed E-state index contributed by atoms with van der Waals surface area (Å²) in [5, 5.41) is 17.9. The second-order valence-electron chi connectivity index (χ2n) is 5.07. The molecule has 1 rings (SSSR count). The van der Waals surface area contributed by atoms with Crippen LogP contribution in [0.4, 0.5) is 0 Å². The van der Waals surface area contributed by atoms with Gasteiger partial charge in [-0.25, -0.2) is 13.1 Å². The summed E-state index contributed by atoms with van der Waals surface area (Å²) in [5.41, 5.74) is 1.08. The fourth-order valence-corrected chi connectivity index (χ4v) is 3.37. The number of hydrogen-bond acceptors (Lipinski definition) is 4. The fraction of sp³-hybridized carbons (Fsp3) is 0.500. The number of hydrogen-bond donors (Lipinski definition) is 2. The molecule has 0 fully saturated rings. The molecule has 0 heterocycles. The number of nitrogens with zero attached hydrogens (tertiary/aromatic N) is 1. The number of aliphatic hydroxyl groups is 1. The summed E-state index contributed by atoms with van der Waals surface area (Å²) >= 11 is 0. The highest BCUT2D eigenvalue weighted by Gasteiger charge is 2.22. The second-order valence-corrected chi connectivity index (χ2v) is 6.79. The van der Waals surface area contributed by atoms with Gasteiger partial charge in [0.2, 0.25) is 10.0 Å². The van der Waals surface area contributed by atoms with E-state index in [1.807, 2.05) is 19.9 Å². The Balaban J connectivity index is 3.05. The molecule has 0 amide bonds. The summed E-state index contributed by atoms with van der Waals surface area (Å²) in [4.78, 5) is 0.137. The molecule has 1 unspecified atom stereocenters. The van der Waals surface area contributed by atoms with E-state index in [0.717, 1.165) is 0 Å². The molecule has 1 aromatic rings. The van der Waals surface area contributed by atoms with Crippen LogP contribution >= 0.6 is 0 Å². The van der Waals surface area contributed by atoms with Gasteiger partial charge in [0.1, 0.15) is 0 Å². The normalized spacial score (nSPS) is 13.2. The summed E-state index contributed by atoms with van der Waals surface area (Å²) < 4.78 is 27.2. The largest absolute Gasteiger partial charge is 0.396 e. The summed E-state index contributed by atoms with van der Waals surface area (Å²) in [6.45, 7) is 5.42. The molecular formula is C14H20N2O3S. The van der Waals surface area contributed by atoms with E-state index in [1.54, 1.807) is 6.92 Å². The molecule has 0 spiro atoms. The van der Waals surface area contributed by atoms with E-state index in [4.69, 9.17) is 10.4 Å². The number of sulfonamides is 1.